The molecule has 1 fully saturated rings. The predicted octanol–water partition coefficient (Wildman–Crippen LogP) is 6.08. The maximum Gasteiger partial charge on any atom is 0.300 e. The van der Waals surface area contributed by atoms with Gasteiger partial charge in [0.1, 0.15) is 17.3 Å². The first-order chi connectivity index (χ1) is 15.7. The number of carbonyl (C=O) groups excluding carboxylic acids is 2. The van der Waals surface area contributed by atoms with Gasteiger partial charge in [-0.3, -0.25) is 14.5 Å². The first kappa shape index (κ1) is 22.8. The summed E-state index contributed by atoms with van der Waals surface area (Å²) >= 11 is 12.4. The molecule has 0 radical (unpaired) electrons. The average Bonchev–Trinajstić information content (AvgIpc) is 3.03. The number of rotatable bonds is 4. The molecule has 168 valence electrons. The van der Waals surface area contributed by atoms with E-state index in [0.717, 1.165) is 4.90 Å². The van der Waals surface area contributed by atoms with Crippen molar-refractivity contribution in [1.82, 2.24) is 0 Å². The predicted molar refractivity (Wildman–Crippen MR) is 125 cm³/mol. The minimum Gasteiger partial charge on any atom is -0.507 e. The Labute approximate surface area is 199 Å². The second-order valence-electron chi connectivity index (χ2n) is 7.50. The molecule has 3 aromatic carbocycles. The molecule has 3 aromatic rings. The van der Waals surface area contributed by atoms with Crippen molar-refractivity contribution in [1.29, 1.82) is 0 Å². The zero-order chi connectivity index (χ0) is 23.9. The molecule has 0 bridgehead atoms. The SMILES string of the molecule is COc1c(Cl)cc(C)cc1/C(O)=C1\C(=O)C(=O)N(c2cccc(Cl)c2)C1c1ccccc1F. The average molecular weight is 486 g/mol. The fourth-order valence-electron chi connectivity index (χ4n) is 3.97. The number of hydrogen-bond acceptors (Lipinski definition) is 4. The van der Waals surface area contributed by atoms with Crippen LogP contribution in [0.4, 0.5) is 10.1 Å². The van der Waals surface area contributed by atoms with E-state index in [-0.39, 0.29) is 33.2 Å². The summed E-state index contributed by atoms with van der Waals surface area (Å²) in [7, 11) is 1.37. The smallest absolute Gasteiger partial charge is 0.300 e. The molecular weight excluding hydrogens is 468 g/mol. The highest BCUT2D eigenvalue weighted by Crippen LogP contribution is 2.45. The van der Waals surface area contributed by atoms with Gasteiger partial charge in [0.25, 0.3) is 11.7 Å². The fourth-order valence-corrected chi connectivity index (χ4v) is 4.51. The van der Waals surface area contributed by atoms with E-state index in [2.05, 4.69) is 0 Å². The first-order valence-corrected chi connectivity index (χ1v) is 10.7. The number of ketones is 1. The highest BCUT2D eigenvalue weighted by Gasteiger charge is 2.48. The molecule has 1 aliphatic heterocycles. The number of halogens is 3. The quantitative estimate of drug-likeness (QED) is 0.276. The van der Waals surface area contributed by atoms with Crippen LogP contribution < -0.4 is 9.64 Å². The Morgan fingerprint density at radius 3 is 2.45 bits per heavy atom. The van der Waals surface area contributed by atoms with E-state index < -0.39 is 29.3 Å². The van der Waals surface area contributed by atoms with Crippen molar-refractivity contribution in [3.63, 3.8) is 0 Å². The molecule has 0 spiro atoms. The Morgan fingerprint density at radius 2 is 1.79 bits per heavy atom. The molecule has 1 aliphatic rings. The number of aliphatic hydroxyl groups excluding tert-OH is 1. The standard InChI is InChI=1S/C25H18Cl2FNO4/c1-13-10-17(24(33-2)18(27)11-13)22(30)20-21(16-8-3-4-9-19(16)28)29(25(32)23(20)31)15-7-5-6-14(26)12-15/h3-12,21,30H,1-2H3/b22-20+. The number of hydrogen-bond donors (Lipinski definition) is 1. The van der Waals surface area contributed by atoms with Crippen LogP contribution in [-0.4, -0.2) is 23.9 Å². The lowest BCUT2D eigenvalue weighted by Crippen LogP contribution is -2.29. The summed E-state index contributed by atoms with van der Waals surface area (Å²) in [5.74, 6) is -2.93. The van der Waals surface area contributed by atoms with Gasteiger partial charge in [-0.05, 0) is 48.9 Å². The molecule has 1 atom stereocenters. The lowest BCUT2D eigenvalue weighted by atomic mass is 9.94. The van der Waals surface area contributed by atoms with E-state index in [1.165, 1.54) is 31.4 Å². The summed E-state index contributed by atoms with van der Waals surface area (Å²) < 4.78 is 20.3. The van der Waals surface area contributed by atoms with E-state index in [1.54, 1.807) is 43.3 Å². The number of ether oxygens (including phenoxy) is 1. The van der Waals surface area contributed by atoms with Crippen molar-refractivity contribution in [3.05, 3.63) is 98.8 Å². The summed E-state index contributed by atoms with van der Waals surface area (Å²) in [6.07, 6.45) is 0. The van der Waals surface area contributed by atoms with Crippen molar-refractivity contribution in [3.8, 4) is 5.75 Å². The van der Waals surface area contributed by atoms with Gasteiger partial charge in [-0.15, -0.1) is 0 Å². The third-order valence-corrected chi connectivity index (χ3v) is 5.89. The Bertz CT molecular complexity index is 1320. The van der Waals surface area contributed by atoms with Crippen molar-refractivity contribution in [2.24, 2.45) is 0 Å². The summed E-state index contributed by atoms with van der Waals surface area (Å²) in [6, 6.07) is 14.0. The van der Waals surface area contributed by atoms with Crippen LogP contribution in [0.5, 0.6) is 5.75 Å². The number of amides is 1. The van der Waals surface area contributed by atoms with Gasteiger partial charge in [0, 0.05) is 16.3 Å². The van der Waals surface area contributed by atoms with Crippen molar-refractivity contribution in [2.45, 2.75) is 13.0 Å². The minimum atomic E-state index is -1.24. The van der Waals surface area contributed by atoms with E-state index in [1.807, 2.05) is 0 Å². The van der Waals surface area contributed by atoms with Crippen molar-refractivity contribution >= 4 is 46.3 Å². The maximum absolute atomic E-state index is 15.0. The van der Waals surface area contributed by atoms with Gasteiger partial charge in [-0.1, -0.05) is 47.5 Å². The molecule has 0 aliphatic carbocycles. The topological polar surface area (TPSA) is 66.8 Å². The molecule has 1 unspecified atom stereocenters. The molecule has 8 heteroatoms. The monoisotopic (exact) mass is 485 g/mol. The third-order valence-electron chi connectivity index (χ3n) is 5.38. The van der Waals surface area contributed by atoms with E-state index >= 15 is 0 Å². The van der Waals surface area contributed by atoms with Gasteiger partial charge in [0.15, 0.2) is 0 Å². The number of methoxy groups -OCH3 is 1. The minimum absolute atomic E-state index is 0.0379. The van der Waals surface area contributed by atoms with Crippen LogP contribution >= 0.6 is 23.2 Å². The number of nitrogens with zero attached hydrogens (tertiary/aromatic N) is 1. The Morgan fingerprint density at radius 1 is 1.06 bits per heavy atom. The van der Waals surface area contributed by atoms with Crippen LogP contribution in [0.1, 0.15) is 22.7 Å². The Balaban J connectivity index is 2.04. The van der Waals surface area contributed by atoms with Crippen LogP contribution in [0.15, 0.2) is 66.2 Å². The zero-order valence-corrected chi connectivity index (χ0v) is 19.1. The van der Waals surface area contributed by atoms with Gasteiger partial charge in [0.05, 0.1) is 29.3 Å². The molecule has 1 amide bonds. The largest absolute Gasteiger partial charge is 0.507 e. The Kier molecular flexibility index (Phi) is 6.15. The first-order valence-electron chi connectivity index (χ1n) is 9.90. The normalized spacial score (nSPS) is 17.5. The van der Waals surface area contributed by atoms with E-state index in [9.17, 15) is 19.1 Å². The van der Waals surface area contributed by atoms with Gasteiger partial charge >= 0.3 is 0 Å². The number of anilines is 1. The number of Topliss-reactive ketones (excluding diaryl/α,β-unsaturated/α-hetero) is 1. The molecule has 0 aromatic heterocycles. The third kappa shape index (κ3) is 3.96. The van der Waals surface area contributed by atoms with E-state index in [0.29, 0.717) is 10.6 Å². The van der Waals surface area contributed by atoms with Crippen LogP contribution in [0.25, 0.3) is 5.76 Å². The summed E-state index contributed by atoms with van der Waals surface area (Å²) in [6.45, 7) is 1.75. The van der Waals surface area contributed by atoms with Crippen molar-refractivity contribution in [2.75, 3.05) is 12.0 Å². The van der Waals surface area contributed by atoms with Gasteiger partial charge < -0.3 is 9.84 Å². The molecule has 4 rings (SSSR count). The number of benzene rings is 3. The second-order valence-corrected chi connectivity index (χ2v) is 8.34. The lowest BCUT2D eigenvalue weighted by Gasteiger charge is -2.26. The van der Waals surface area contributed by atoms with Gasteiger partial charge in [0.2, 0.25) is 0 Å². The lowest BCUT2D eigenvalue weighted by molar-refractivity contribution is -0.132. The summed E-state index contributed by atoms with van der Waals surface area (Å²) in [4.78, 5) is 27.5. The zero-order valence-electron chi connectivity index (χ0n) is 17.6. The van der Waals surface area contributed by atoms with Gasteiger partial charge in [-0.25, -0.2) is 4.39 Å². The summed E-state index contributed by atoms with van der Waals surface area (Å²) in [5, 5.41) is 11.8. The second kappa shape index (κ2) is 8.89. The molecular formula is C25H18Cl2FNO4. The molecule has 1 heterocycles. The molecule has 5 nitrogen and oxygen atoms in total. The van der Waals surface area contributed by atoms with Crippen LogP contribution in [0.3, 0.4) is 0 Å². The fraction of sp³-hybridized carbons (Fsp3) is 0.120. The molecule has 1 saturated heterocycles. The maximum atomic E-state index is 15.0. The van der Waals surface area contributed by atoms with E-state index in [4.69, 9.17) is 27.9 Å². The number of aryl methyl sites for hydroxylation is 1. The molecule has 33 heavy (non-hydrogen) atoms. The van der Waals surface area contributed by atoms with Crippen LogP contribution in [-0.2, 0) is 9.59 Å². The molecule has 1 N–H and O–H groups in total. The number of carbonyl (C=O) groups is 2. The molecule has 0 saturated carbocycles. The summed E-state index contributed by atoms with van der Waals surface area (Å²) in [5.41, 5.74) is 0.842. The Hall–Kier alpha value is -3.35. The van der Waals surface area contributed by atoms with Crippen molar-refractivity contribution < 1.29 is 23.8 Å². The van der Waals surface area contributed by atoms with Gasteiger partial charge in [-0.2, -0.15) is 0 Å². The van der Waals surface area contributed by atoms with Crippen LogP contribution in [0, 0.1) is 12.7 Å². The highest BCUT2D eigenvalue weighted by molar-refractivity contribution is 6.52. The highest BCUT2D eigenvalue weighted by atomic mass is 35.5. The number of aliphatic hydroxyl groups is 1. The van der Waals surface area contributed by atoms with Crippen LogP contribution in [0.2, 0.25) is 10.0 Å².